The number of allylic oxidation sites excluding steroid dienone is 1. The summed E-state index contributed by atoms with van der Waals surface area (Å²) in [4.78, 5) is 60.2. The number of aliphatic hydroxyl groups is 2. The van der Waals surface area contributed by atoms with Gasteiger partial charge in [0, 0.05) is 18.3 Å². The largest absolute Gasteiger partial charge is 0.480 e. The van der Waals surface area contributed by atoms with Gasteiger partial charge in [-0.2, -0.15) is 0 Å². The lowest BCUT2D eigenvalue weighted by molar-refractivity contribution is -0.170. The van der Waals surface area contributed by atoms with Crippen molar-refractivity contribution in [3.05, 3.63) is 11.6 Å². The van der Waals surface area contributed by atoms with Crippen LogP contribution in [0.15, 0.2) is 11.6 Å². The minimum absolute atomic E-state index is 0.00759. The summed E-state index contributed by atoms with van der Waals surface area (Å²) in [5.74, 6) is -2.31. The molecule has 0 aromatic carbocycles. The van der Waals surface area contributed by atoms with Gasteiger partial charge < -0.3 is 25.4 Å². The lowest BCUT2D eigenvalue weighted by Crippen LogP contribution is -2.58. The highest BCUT2D eigenvalue weighted by Gasteiger charge is 2.66. The van der Waals surface area contributed by atoms with Crippen LogP contribution in [0.1, 0.15) is 78.1 Å². The van der Waals surface area contributed by atoms with E-state index >= 15 is 0 Å². The Morgan fingerprint density at radius 2 is 1.76 bits per heavy atom. The Balaban J connectivity index is 1.35. The lowest BCUT2D eigenvalue weighted by Gasteiger charge is -2.58. The van der Waals surface area contributed by atoms with E-state index in [0.717, 1.165) is 32.1 Å². The van der Waals surface area contributed by atoms with E-state index in [0.29, 0.717) is 31.1 Å². The number of carbonyl (C=O) groups is 5. The molecule has 0 spiro atoms. The quantitative estimate of drug-likeness (QED) is 0.323. The minimum atomic E-state index is -1.60. The van der Waals surface area contributed by atoms with Crippen LogP contribution in [0.25, 0.3) is 0 Å². The first-order chi connectivity index (χ1) is 17.9. The van der Waals surface area contributed by atoms with Crippen LogP contribution in [-0.2, 0) is 28.7 Å². The fraction of sp³-hybridized carbons (Fsp3) is 0.750. The van der Waals surface area contributed by atoms with Crippen molar-refractivity contribution in [1.82, 2.24) is 5.32 Å². The van der Waals surface area contributed by atoms with Crippen molar-refractivity contribution in [2.45, 2.75) is 89.7 Å². The second kappa shape index (κ2) is 10.5. The lowest BCUT2D eigenvalue weighted by atomic mass is 9.46. The van der Waals surface area contributed by atoms with Crippen LogP contribution in [0, 0.1) is 28.6 Å². The van der Waals surface area contributed by atoms with E-state index in [4.69, 9.17) is 14.9 Å². The fourth-order valence-corrected chi connectivity index (χ4v) is 8.04. The van der Waals surface area contributed by atoms with Crippen LogP contribution in [0.2, 0.25) is 0 Å². The molecule has 4 N–H and O–H groups in total. The Labute approximate surface area is 222 Å². The molecule has 0 radical (unpaired) electrons. The molecule has 4 rings (SSSR count). The third-order valence-corrected chi connectivity index (χ3v) is 10.3. The molecule has 0 aliphatic heterocycles. The molecule has 0 bridgehead atoms. The summed E-state index contributed by atoms with van der Waals surface area (Å²) >= 11 is 0. The topological polar surface area (TPSA) is 167 Å². The normalized spacial score (nSPS) is 36.7. The van der Waals surface area contributed by atoms with Gasteiger partial charge in [0.1, 0.15) is 11.6 Å². The predicted octanol–water partition coefficient (Wildman–Crippen LogP) is 1.70. The van der Waals surface area contributed by atoms with Gasteiger partial charge >= 0.3 is 11.9 Å². The van der Waals surface area contributed by atoms with Gasteiger partial charge in [-0.25, -0.2) is 4.79 Å². The summed E-state index contributed by atoms with van der Waals surface area (Å²) in [6.07, 6.45) is 6.97. The van der Waals surface area contributed by atoms with E-state index in [2.05, 4.69) is 12.2 Å². The summed E-state index contributed by atoms with van der Waals surface area (Å²) in [7, 11) is 0. The number of carboxylic acid groups (broad SMARTS) is 1. The molecule has 0 aromatic rings. The highest BCUT2D eigenvalue weighted by atomic mass is 16.5. The molecular weight excluding hydrogens is 494 g/mol. The molecule has 3 fully saturated rings. The summed E-state index contributed by atoms with van der Waals surface area (Å²) in [6.45, 7) is 2.90. The maximum Gasteiger partial charge on any atom is 0.328 e. The molecule has 210 valence electrons. The molecule has 3 saturated carbocycles. The number of carboxylic acids is 1. The number of hydrogen-bond acceptors (Lipinski definition) is 8. The Morgan fingerprint density at radius 1 is 1.05 bits per heavy atom. The molecule has 0 aromatic heterocycles. The number of carbonyl (C=O) groups excluding carboxylic acids is 4. The van der Waals surface area contributed by atoms with Gasteiger partial charge in [0.15, 0.2) is 12.4 Å². The number of aliphatic hydroxyl groups excluding tert-OH is 1. The predicted molar refractivity (Wildman–Crippen MR) is 134 cm³/mol. The van der Waals surface area contributed by atoms with E-state index in [1.807, 2.05) is 13.0 Å². The number of rotatable bonds is 9. The van der Waals surface area contributed by atoms with Crippen molar-refractivity contribution in [2.75, 3.05) is 13.2 Å². The Kier molecular flexibility index (Phi) is 7.87. The Hall–Kier alpha value is -2.59. The van der Waals surface area contributed by atoms with Crippen LogP contribution >= 0.6 is 0 Å². The Bertz CT molecular complexity index is 1050. The number of hydrogen-bond donors (Lipinski definition) is 4. The number of fused-ring (bicyclic) bond motifs is 5. The average molecular weight is 534 g/mol. The number of ketones is 2. The summed E-state index contributed by atoms with van der Waals surface area (Å²) in [5, 5.41) is 31.6. The number of esters is 1. The van der Waals surface area contributed by atoms with Crippen molar-refractivity contribution in [3.8, 4) is 0 Å². The molecule has 4 aliphatic carbocycles. The monoisotopic (exact) mass is 533 g/mol. The molecule has 10 nitrogen and oxygen atoms in total. The van der Waals surface area contributed by atoms with Gasteiger partial charge in [0.2, 0.25) is 11.7 Å². The zero-order valence-electron chi connectivity index (χ0n) is 22.2. The van der Waals surface area contributed by atoms with Gasteiger partial charge in [0.05, 0.1) is 13.0 Å². The highest BCUT2D eigenvalue weighted by molar-refractivity contribution is 5.92. The molecule has 0 heterocycles. The number of amides is 1. The van der Waals surface area contributed by atoms with E-state index in [1.165, 1.54) is 5.57 Å². The maximum atomic E-state index is 13.3. The van der Waals surface area contributed by atoms with E-state index in [1.54, 1.807) is 0 Å². The SMILES string of the molecule is C[C@]12CCC(=O)C=C1CC[C@@H]1[C@@H]2CC[C@@]2(C)[C@H]1CC[C@]2(O)C(=O)COC(=O)CCC(=O)N[C@@H](CO)C(=O)O. The second-order valence-electron chi connectivity index (χ2n) is 12.0. The van der Waals surface area contributed by atoms with Crippen molar-refractivity contribution in [3.63, 3.8) is 0 Å². The Morgan fingerprint density at radius 3 is 2.45 bits per heavy atom. The maximum absolute atomic E-state index is 13.3. The van der Waals surface area contributed by atoms with Crippen LogP contribution in [-0.4, -0.2) is 69.6 Å². The molecule has 0 saturated heterocycles. The number of ether oxygens (including phenoxy) is 1. The smallest absolute Gasteiger partial charge is 0.328 e. The minimum Gasteiger partial charge on any atom is -0.480 e. The summed E-state index contributed by atoms with van der Waals surface area (Å²) < 4.78 is 5.11. The second-order valence-corrected chi connectivity index (χ2v) is 12.0. The van der Waals surface area contributed by atoms with E-state index in [9.17, 15) is 29.1 Å². The summed E-state index contributed by atoms with van der Waals surface area (Å²) in [5.41, 5.74) is -0.976. The number of nitrogens with one attached hydrogen (secondary N) is 1. The molecule has 38 heavy (non-hydrogen) atoms. The summed E-state index contributed by atoms with van der Waals surface area (Å²) in [6, 6.07) is -1.46. The molecule has 1 amide bonds. The van der Waals surface area contributed by atoms with Gasteiger partial charge in [-0.3, -0.25) is 19.2 Å². The van der Waals surface area contributed by atoms with Crippen molar-refractivity contribution in [1.29, 1.82) is 0 Å². The van der Waals surface area contributed by atoms with Crippen molar-refractivity contribution < 1.29 is 44.0 Å². The van der Waals surface area contributed by atoms with Crippen LogP contribution in [0.3, 0.4) is 0 Å². The first kappa shape index (κ1) is 28.4. The van der Waals surface area contributed by atoms with Crippen LogP contribution in [0.5, 0.6) is 0 Å². The van der Waals surface area contributed by atoms with Gasteiger partial charge in [-0.1, -0.05) is 19.4 Å². The van der Waals surface area contributed by atoms with Gasteiger partial charge in [0.25, 0.3) is 0 Å². The van der Waals surface area contributed by atoms with Gasteiger partial charge in [-0.15, -0.1) is 0 Å². The molecule has 10 heteroatoms. The van der Waals surface area contributed by atoms with Crippen molar-refractivity contribution >= 4 is 29.4 Å². The molecule has 7 atom stereocenters. The number of aliphatic carboxylic acids is 1. The molecule has 0 unspecified atom stereocenters. The third-order valence-electron chi connectivity index (χ3n) is 10.3. The van der Waals surface area contributed by atoms with Gasteiger partial charge in [-0.05, 0) is 74.2 Å². The van der Waals surface area contributed by atoms with E-state index < -0.39 is 53.9 Å². The standard InChI is InChI=1S/C28H39NO9/c1-26-10-7-17(31)13-16(26)3-4-18-19(26)8-11-27(2)20(18)9-12-28(27,37)22(32)15-38-24(34)6-5-23(33)29-21(14-30)25(35)36/h13,18-21,30,37H,3-12,14-15H2,1-2H3,(H,29,33)(H,35,36)/t18-,19+,20+,21+,26+,27+,28+/m1/s1. The highest BCUT2D eigenvalue weighted by Crippen LogP contribution is 2.67. The van der Waals surface area contributed by atoms with E-state index in [-0.39, 0.29) is 30.0 Å². The zero-order chi connectivity index (χ0) is 27.9. The fourth-order valence-electron chi connectivity index (χ4n) is 8.04. The van der Waals surface area contributed by atoms with Crippen LogP contribution in [0.4, 0.5) is 0 Å². The van der Waals surface area contributed by atoms with Crippen LogP contribution < -0.4 is 5.32 Å². The molecular formula is C28H39NO9. The number of Topliss-reactive ketones (excluding diaryl/α,β-unsaturated/α-hetero) is 1. The first-order valence-corrected chi connectivity index (χ1v) is 13.6. The average Bonchev–Trinajstić information content (AvgIpc) is 3.16. The van der Waals surface area contributed by atoms with Crippen molar-refractivity contribution in [2.24, 2.45) is 28.6 Å². The zero-order valence-corrected chi connectivity index (χ0v) is 22.2. The first-order valence-electron chi connectivity index (χ1n) is 13.6. The molecule has 4 aliphatic rings. The third kappa shape index (κ3) is 4.81.